The molecular weight excluding hydrogens is 410 g/mol. The molecule has 0 aromatic carbocycles. The van der Waals surface area contributed by atoms with Gasteiger partial charge in [0.15, 0.2) is 4.77 Å². The second-order valence-electron chi connectivity index (χ2n) is 8.21. The Morgan fingerprint density at radius 2 is 2.23 bits per heavy atom. The Morgan fingerprint density at radius 1 is 1.32 bits per heavy atom. The van der Waals surface area contributed by atoms with Crippen molar-refractivity contribution in [3.8, 4) is 5.88 Å². The quantitative estimate of drug-likeness (QED) is 0.394. The number of H-pyrrole nitrogens is 1. The molecule has 8 heteroatoms. The second kappa shape index (κ2) is 10.0. The summed E-state index contributed by atoms with van der Waals surface area (Å²) < 4.78 is 1.84. The number of aromatic hydroxyl groups is 1. The van der Waals surface area contributed by atoms with Gasteiger partial charge in [-0.1, -0.05) is 17.7 Å². The van der Waals surface area contributed by atoms with Crippen molar-refractivity contribution >= 4 is 18.4 Å². The summed E-state index contributed by atoms with van der Waals surface area (Å²) in [4.78, 5) is 19.4. The van der Waals surface area contributed by atoms with Crippen molar-refractivity contribution in [2.45, 2.75) is 64.0 Å². The van der Waals surface area contributed by atoms with Gasteiger partial charge in [-0.05, 0) is 75.2 Å². The van der Waals surface area contributed by atoms with Gasteiger partial charge in [-0.15, -0.1) is 0 Å². The molecule has 0 unspecified atom stereocenters. The zero-order valence-electron chi connectivity index (χ0n) is 17.7. The summed E-state index contributed by atoms with van der Waals surface area (Å²) in [6, 6.07) is 4.09. The highest BCUT2D eigenvalue weighted by molar-refractivity contribution is 7.71. The Labute approximate surface area is 187 Å². The van der Waals surface area contributed by atoms with Crippen LogP contribution in [0, 0.1) is 4.77 Å². The fourth-order valence-electron chi connectivity index (χ4n) is 4.38. The lowest BCUT2D eigenvalue weighted by Gasteiger charge is -2.33. The SMILES string of the molecule is O=c1[nH]c(=S)n(CCC2=CCCCC2)c(O)c1C=NN1CCCC[C@H]1c1cccnc1. The first-order chi connectivity index (χ1) is 15.1. The van der Waals surface area contributed by atoms with Crippen LogP contribution in [0.4, 0.5) is 0 Å². The van der Waals surface area contributed by atoms with Crippen molar-refractivity contribution in [1.82, 2.24) is 19.5 Å². The third-order valence-corrected chi connectivity index (χ3v) is 6.45. The normalized spacial score (nSPS) is 19.5. The number of hydrogen-bond donors (Lipinski definition) is 2. The maximum Gasteiger partial charge on any atom is 0.264 e. The molecule has 31 heavy (non-hydrogen) atoms. The standard InChI is InChI=1S/C23H29N5O2S/c29-21-19(16-25-28-13-5-4-10-20(28)18-9-6-12-24-15-18)22(30)27(23(31)26-21)14-11-17-7-2-1-3-8-17/h6-7,9,12,15-16,20,30H,1-5,8,10-11,13-14H2,(H,26,29,31)/t20-/m0/s1. The Bertz CT molecular complexity index is 1070. The average molecular weight is 440 g/mol. The van der Waals surface area contributed by atoms with Gasteiger partial charge in [-0.3, -0.25) is 24.3 Å². The molecule has 1 atom stereocenters. The van der Waals surface area contributed by atoms with Gasteiger partial charge < -0.3 is 5.11 Å². The van der Waals surface area contributed by atoms with Crippen LogP contribution >= 0.6 is 12.2 Å². The molecule has 0 amide bonds. The van der Waals surface area contributed by atoms with Gasteiger partial charge in [0.05, 0.1) is 12.3 Å². The number of hydrazone groups is 1. The van der Waals surface area contributed by atoms with Crippen LogP contribution in [0.3, 0.4) is 0 Å². The Morgan fingerprint density at radius 3 is 3.00 bits per heavy atom. The minimum Gasteiger partial charge on any atom is -0.494 e. The highest BCUT2D eigenvalue weighted by Crippen LogP contribution is 2.30. The molecule has 1 fully saturated rings. The molecule has 2 aliphatic rings. The van der Waals surface area contributed by atoms with Crippen LogP contribution in [0.15, 0.2) is 46.1 Å². The highest BCUT2D eigenvalue weighted by atomic mass is 32.1. The van der Waals surface area contributed by atoms with Gasteiger partial charge in [0.25, 0.3) is 5.56 Å². The Balaban J connectivity index is 1.57. The van der Waals surface area contributed by atoms with Crippen LogP contribution in [0.1, 0.15) is 68.5 Å². The topological polar surface area (TPSA) is 86.5 Å². The number of nitrogens with zero attached hydrogens (tertiary/aromatic N) is 4. The largest absolute Gasteiger partial charge is 0.494 e. The van der Waals surface area contributed by atoms with E-state index < -0.39 is 5.56 Å². The van der Waals surface area contributed by atoms with E-state index in [1.807, 2.05) is 17.3 Å². The number of aromatic amines is 1. The van der Waals surface area contributed by atoms with Gasteiger partial charge in [-0.25, -0.2) is 0 Å². The van der Waals surface area contributed by atoms with E-state index in [4.69, 9.17) is 12.2 Å². The summed E-state index contributed by atoms with van der Waals surface area (Å²) in [6.45, 7) is 1.33. The molecule has 2 N–H and O–H groups in total. The van der Waals surface area contributed by atoms with Crippen molar-refractivity contribution in [2.24, 2.45) is 5.10 Å². The predicted octanol–water partition coefficient (Wildman–Crippen LogP) is 4.46. The highest BCUT2D eigenvalue weighted by Gasteiger charge is 2.23. The molecule has 164 valence electrons. The molecule has 1 aliphatic heterocycles. The monoisotopic (exact) mass is 439 g/mol. The second-order valence-corrected chi connectivity index (χ2v) is 8.60. The van der Waals surface area contributed by atoms with Gasteiger partial charge in [-0.2, -0.15) is 5.10 Å². The summed E-state index contributed by atoms with van der Waals surface area (Å²) in [5.74, 6) is -0.121. The van der Waals surface area contributed by atoms with E-state index in [-0.39, 0.29) is 22.3 Å². The molecule has 0 saturated carbocycles. The molecular formula is C23H29N5O2S. The maximum atomic E-state index is 12.5. The molecule has 0 radical (unpaired) electrons. The molecule has 7 nitrogen and oxygen atoms in total. The fourth-order valence-corrected chi connectivity index (χ4v) is 4.65. The summed E-state index contributed by atoms with van der Waals surface area (Å²) in [6.07, 6.45) is 16.0. The number of pyridine rings is 1. The van der Waals surface area contributed by atoms with Gasteiger partial charge in [0.1, 0.15) is 5.56 Å². The third kappa shape index (κ3) is 5.12. The fraction of sp³-hybridized carbons (Fsp3) is 0.478. The number of allylic oxidation sites excluding steroid dienone is 2. The van der Waals surface area contributed by atoms with Crippen molar-refractivity contribution < 1.29 is 5.11 Å². The van der Waals surface area contributed by atoms with Gasteiger partial charge in [0, 0.05) is 25.5 Å². The first-order valence-electron chi connectivity index (χ1n) is 11.1. The van der Waals surface area contributed by atoms with E-state index in [0.29, 0.717) is 6.54 Å². The van der Waals surface area contributed by atoms with E-state index in [9.17, 15) is 9.90 Å². The van der Waals surface area contributed by atoms with Gasteiger partial charge >= 0.3 is 0 Å². The van der Waals surface area contributed by atoms with Crippen LogP contribution in [0.2, 0.25) is 0 Å². The van der Waals surface area contributed by atoms with E-state index in [1.54, 1.807) is 10.8 Å². The van der Waals surface area contributed by atoms with E-state index in [2.05, 4.69) is 27.2 Å². The summed E-state index contributed by atoms with van der Waals surface area (Å²) in [7, 11) is 0. The number of piperidine rings is 1. The molecule has 4 rings (SSSR count). The summed E-state index contributed by atoms with van der Waals surface area (Å²) in [5.41, 5.74) is 2.21. The van der Waals surface area contributed by atoms with Crippen molar-refractivity contribution in [1.29, 1.82) is 0 Å². The molecule has 0 bridgehead atoms. The van der Waals surface area contributed by atoms with Crippen molar-refractivity contribution in [3.63, 3.8) is 0 Å². The summed E-state index contributed by atoms with van der Waals surface area (Å²) in [5, 5.41) is 17.4. The smallest absolute Gasteiger partial charge is 0.264 e. The summed E-state index contributed by atoms with van der Waals surface area (Å²) >= 11 is 5.31. The number of nitrogens with one attached hydrogen (secondary N) is 1. The van der Waals surface area contributed by atoms with E-state index in [0.717, 1.165) is 50.6 Å². The molecule has 2 aromatic heterocycles. The minimum atomic E-state index is -0.422. The number of rotatable bonds is 6. The number of hydrogen-bond acceptors (Lipinski definition) is 6. The maximum absolute atomic E-state index is 12.5. The van der Waals surface area contributed by atoms with Crippen LogP contribution < -0.4 is 5.56 Å². The molecule has 3 heterocycles. The number of aromatic nitrogens is 3. The molecule has 1 aliphatic carbocycles. The lowest BCUT2D eigenvalue weighted by molar-refractivity contribution is 0.156. The molecule has 2 aromatic rings. The zero-order chi connectivity index (χ0) is 21.6. The lowest BCUT2D eigenvalue weighted by Crippen LogP contribution is -2.29. The van der Waals surface area contributed by atoms with Crippen LogP contribution in [-0.2, 0) is 6.54 Å². The van der Waals surface area contributed by atoms with Crippen molar-refractivity contribution in [2.75, 3.05) is 6.54 Å². The van der Waals surface area contributed by atoms with Crippen LogP contribution in [0.5, 0.6) is 5.88 Å². The third-order valence-electron chi connectivity index (χ3n) is 6.13. The van der Waals surface area contributed by atoms with Crippen LogP contribution in [-0.4, -0.2) is 37.4 Å². The predicted molar refractivity (Wildman–Crippen MR) is 124 cm³/mol. The van der Waals surface area contributed by atoms with Gasteiger partial charge in [0.2, 0.25) is 5.88 Å². The Kier molecular flexibility index (Phi) is 6.96. The lowest BCUT2D eigenvalue weighted by atomic mass is 9.97. The van der Waals surface area contributed by atoms with E-state index >= 15 is 0 Å². The van der Waals surface area contributed by atoms with Crippen LogP contribution in [0.25, 0.3) is 0 Å². The minimum absolute atomic E-state index is 0.114. The first-order valence-corrected chi connectivity index (χ1v) is 11.5. The van der Waals surface area contributed by atoms with E-state index in [1.165, 1.54) is 24.6 Å². The Hall–Kier alpha value is -2.74. The molecule has 0 spiro atoms. The zero-order valence-corrected chi connectivity index (χ0v) is 18.5. The first kappa shape index (κ1) is 21.5. The van der Waals surface area contributed by atoms with Crippen molar-refractivity contribution in [3.05, 3.63) is 62.4 Å². The average Bonchev–Trinajstić information content (AvgIpc) is 2.80. The molecule has 1 saturated heterocycles.